The molecule has 0 saturated carbocycles. The normalized spacial score (nSPS) is 10.9. The third-order valence-corrected chi connectivity index (χ3v) is 8.57. The second-order valence-electron chi connectivity index (χ2n) is 3.89. The van der Waals surface area contributed by atoms with Crippen LogP contribution in [0.3, 0.4) is 0 Å². The molecule has 0 N–H and O–H groups in total. The average Bonchev–Trinajstić information content (AvgIpc) is 2.02. The summed E-state index contributed by atoms with van der Waals surface area (Å²) in [6.45, 7) is 6.36. The van der Waals surface area contributed by atoms with Crippen molar-refractivity contribution in [1.82, 2.24) is 0 Å². The van der Waals surface area contributed by atoms with Gasteiger partial charge in [-0.1, -0.05) is 0 Å². The average molecular weight is 351 g/mol. The first-order chi connectivity index (χ1) is 5.58. The Morgan fingerprint density at radius 3 is 2.17 bits per heavy atom. The van der Waals surface area contributed by atoms with Crippen molar-refractivity contribution in [1.29, 1.82) is 0 Å². The van der Waals surface area contributed by atoms with Gasteiger partial charge >= 0.3 is 87.5 Å². The Labute approximate surface area is 87.2 Å². The third kappa shape index (κ3) is 4.22. The molecule has 0 fully saturated rings. The zero-order chi connectivity index (χ0) is 9.03. The maximum atomic E-state index is 5.84. The maximum absolute atomic E-state index is 5.84. The van der Waals surface area contributed by atoms with E-state index in [2.05, 4.69) is 51.1 Å². The molecule has 12 heavy (non-hydrogen) atoms. The molecule has 0 saturated heterocycles. The Balaban J connectivity index is 2.44. The molecule has 2 heteroatoms. The van der Waals surface area contributed by atoms with E-state index in [0.29, 0.717) is 0 Å². The molecule has 0 aliphatic rings. The van der Waals surface area contributed by atoms with E-state index in [1.807, 2.05) is 0 Å². The molecule has 62 valence electrons. The van der Waals surface area contributed by atoms with Gasteiger partial charge in [-0.2, -0.15) is 0 Å². The summed E-state index contributed by atoms with van der Waals surface area (Å²) in [5.74, 6) is 0. The molecule has 0 bridgehead atoms. The Kier molecular flexibility index (Phi) is 3.72. The number of hydrogen-bond acceptors (Lipinski definition) is 1. The van der Waals surface area contributed by atoms with Gasteiger partial charge in [0.05, 0.1) is 0 Å². The third-order valence-electron chi connectivity index (χ3n) is 1.51. The van der Waals surface area contributed by atoms with Crippen molar-refractivity contribution in [2.45, 2.75) is 26.4 Å². The van der Waals surface area contributed by atoms with Crippen molar-refractivity contribution in [3.05, 3.63) is 30.3 Å². The first-order valence-electron chi connectivity index (χ1n) is 4.26. The zero-order valence-electron chi connectivity index (χ0n) is 8.00. The van der Waals surface area contributed by atoms with Crippen LogP contribution in [0.15, 0.2) is 30.3 Å². The molecule has 1 nitrogen and oxygen atoms in total. The molecular weight excluding hydrogens is 337 g/mol. The van der Waals surface area contributed by atoms with Gasteiger partial charge in [-0.15, -0.1) is 0 Å². The van der Waals surface area contributed by atoms with Crippen LogP contribution in [0, 0.1) is 0 Å². The second kappa shape index (κ2) is 4.38. The first-order valence-corrected chi connectivity index (χ1v) is 9.25. The van der Waals surface area contributed by atoms with Crippen molar-refractivity contribution in [3.8, 4) is 0 Å². The summed E-state index contributed by atoms with van der Waals surface area (Å²) < 4.78 is 7.29. The molecule has 0 amide bonds. The molecule has 0 spiro atoms. The Hall–Kier alpha value is 0.115. The minimum absolute atomic E-state index is 0.0530. The molecular formula is C10H14HgO. The van der Waals surface area contributed by atoms with Crippen LogP contribution in [0.5, 0.6) is 0 Å². The van der Waals surface area contributed by atoms with E-state index in [-0.39, 0.29) is 5.60 Å². The number of rotatable bonds is 2. The van der Waals surface area contributed by atoms with E-state index in [1.165, 1.54) is 3.07 Å². The van der Waals surface area contributed by atoms with E-state index in [1.54, 1.807) is 0 Å². The Morgan fingerprint density at radius 2 is 1.67 bits per heavy atom. The van der Waals surface area contributed by atoms with Crippen LogP contribution in [0.2, 0.25) is 0 Å². The van der Waals surface area contributed by atoms with Gasteiger partial charge in [0.2, 0.25) is 0 Å². The van der Waals surface area contributed by atoms with Crippen LogP contribution >= 0.6 is 0 Å². The standard InChI is InChI=1S/C6H5.C4H9O.Hg/c1-2-4-6-5-3-1;1-4(2,3)5;/h1-5H;1-3H3;/q;-1;+1. The summed E-state index contributed by atoms with van der Waals surface area (Å²) in [5, 5.41) is 0. The van der Waals surface area contributed by atoms with Crippen molar-refractivity contribution in [3.63, 3.8) is 0 Å². The van der Waals surface area contributed by atoms with Gasteiger partial charge in [0.1, 0.15) is 0 Å². The topological polar surface area (TPSA) is 9.23 Å². The van der Waals surface area contributed by atoms with E-state index < -0.39 is 25.0 Å². The monoisotopic (exact) mass is 352 g/mol. The molecule has 1 aromatic carbocycles. The molecule has 1 aromatic rings. The van der Waals surface area contributed by atoms with Crippen LogP contribution in [-0.2, 0) is 27.7 Å². The fraction of sp³-hybridized carbons (Fsp3) is 0.400. The van der Waals surface area contributed by atoms with Crippen LogP contribution in [0.25, 0.3) is 0 Å². The van der Waals surface area contributed by atoms with Crippen molar-refractivity contribution < 1.29 is 27.7 Å². The number of benzene rings is 1. The van der Waals surface area contributed by atoms with Crippen LogP contribution in [-0.4, -0.2) is 5.60 Å². The quantitative estimate of drug-likeness (QED) is 0.742. The molecule has 0 heterocycles. The Morgan fingerprint density at radius 1 is 1.08 bits per heavy atom. The summed E-state index contributed by atoms with van der Waals surface area (Å²) in [6, 6.07) is 10.6. The van der Waals surface area contributed by atoms with Gasteiger partial charge < -0.3 is 0 Å². The summed E-state index contributed by atoms with van der Waals surface area (Å²) in [6.07, 6.45) is 0. The summed E-state index contributed by atoms with van der Waals surface area (Å²) in [7, 11) is 0. The first kappa shape index (κ1) is 10.2. The van der Waals surface area contributed by atoms with Crippen molar-refractivity contribution >= 4 is 3.07 Å². The molecule has 0 radical (unpaired) electrons. The fourth-order valence-corrected chi connectivity index (χ4v) is 5.01. The molecule has 0 aliphatic heterocycles. The number of hydrogen-bond donors (Lipinski definition) is 0. The van der Waals surface area contributed by atoms with E-state index >= 15 is 0 Å². The van der Waals surface area contributed by atoms with Crippen molar-refractivity contribution in [2.24, 2.45) is 0 Å². The van der Waals surface area contributed by atoms with Gasteiger partial charge in [0, 0.05) is 0 Å². The Bertz CT molecular complexity index is 225. The van der Waals surface area contributed by atoms with Gasteiger partial charge in [0.25, 0.3) is 0 Å². The van der Waals surface area contributed by atoms with Gasteiger partial charge in [0.15, 0.2) is 0 Å². The van der Waals surface area contributed by atoms with Crippen LogP contribution in [0.1, 0.15) is 20.8 Å². The predicted octanol–water partition coefficient (Wildman–Crippen LogP) is 2.12. The summed E-state index contributed by atoms with van der Waals surface area (Å²) >= 11 is -1.24. The van der Waals surface area contributed by atoms with Gasteiger partial charge in [-0.25, -0.2) is 0 Å². The van der Waals surface area contributed by atoms with Crippen molar-refractivity contribution in [2.75, 3.05) is 0 Å². The molecule has 0 unspecified atom stereocenters. The van der Waals surface area contributed by atoms with Crippen LogP contribution < -0.4 is 3.07 Å². The molecule has 0 aromatic heterocycles. The SMILES string of the molecule is CC(C)(C)[O][Hg][c]1ccccc1. The predicted molar refractivity (Wildman–Crippen MR) is 46.9 cm³/mol. The molecule has 0 aliphatic carbocycles. The minimum atomic E-state index is -1.24. The summed E-state index contributed by atoms with van der Waals surface area (Å²) in [4.78, 5) is 0. The molecule has 0 atom stereocenters. The van der Waals surface area contributed by atoms with E-state index in [9.17, 15) is 0 Å². The fourth-order valence-electron chi connectivity index (χ4n) is 0.874. The van der Waals surface area contributed by atoms with E-state index in [4.69, 9.17) is 2.64 Å². The van der Waals surface area contributed by atoms with E-state index in [0.717, 1.165) is 0 Å². The zero-order valence-corrected chi connectivity index (χ0v) is 13.5. The van der Waals surface area contributed by atoms with Gasteiger partial charge in [-0.3, -0.25) is 0 Å². The second-order valence-corrected chi connectivity index (χ2v) is 9.31. The molecule has 1 rings (SSSR count). The van der Waals surface area contributed by atoms with Gasteiger partial charge in [-0.05, 0) is 0 Å². The summed E-state index contributed by atoms with van der Waals surface area (Å²) in [5.41, 5.74) is 0.0530. The van der Waals surface area contributed by atoms with Crippen LogP contribution in [0.4, 0.5) is 0 Å².